The zero-order chi connectivity index (χ0) is 20.4. The Balaban J connectivity index is 1.58. The number of aromatic amines is 1. The van der Waals surface area contributed by atoms with Crippen LogP contribution in [0.3, 0.4) is 0 Å². The third-order valence-corrected chi connectivity index (χ3v) is 5.80. The van der Waals surface area contributed by atoms with Gasteiger partial charge in [-0.1, -0.05) is 35.9 Å². The van der Waals surface area contributed by atoms with Crippen LogP contribution in [0.1, 0.15) is 30.0 Å². The second-order valence-electron chi connectivity index (χ2n) is 7.37. The van der Waals surface area contributed by atoms with Gasteiger partial charge in [-0.15, -0.1) is 0 Å². The molecule has 4 rings (SSSR count). The van der Waals surface area contributed by atoms with Gasteiger partial charge in [0.2, 0.25) is 4.77 Å². The molecule has 0 bridgehead atoms. The quantitative estimate of drug-likeness (QED) is 0.596. The fraction of sp³-hybridized carbons (Fsp3) is 0.364. The molecule has 1 aromatic heterocycles. The highest BCUT2D eigenvalue weighted by Gasteiger charge is 2.29. The Morgan fingerprint density at radius 1 is 1.14 bits per heavy atom. The van der Waals surface area contributed by atoms with Crippen molar-refractivity contribution in [3.8, 4) is 22.9 Å². The van der Waals surface area contributed by atoms with Gasteiger partial charge in [0.05, 0.1) is 20.9 Å². The standard InChI is InChI=1S/C22H26N4O2S/c1-15-6-8-16(9-7-15)21-23-22(29)26(24-21)14-25-12-4-5-19(25)18-11-10-17(27-2)13-20(18)28-3/h6-11,13,19H,4-5,12,14H2,1-3H3,(H,23,24,29). The number of hydrogen-bond donors (Lipinski definition) is 1. The first-order valence-corrected chi connectivity index (χ1v) is 10.2. The summed E-state index contributed by atoms with van der Waals surface area (Å²) in [6.07, 6.45) is 2.21. The van der Waals surface area contributed by atoms with Crippen LogP contribution >= 0.6 is 12.2 Å². The van der Waals surface area contributed by atoms with Gasteiger partial charge in [0.15, 0.2) is 5.82 Å². The minimum Gasteiger partial charge on any atom is -0.497 e. The van der Waals surface area contributed by atoms with E-state index in [1.54, 1.807) is 14.2 Å². The molecule has 7 heteroatoms. The first-order valence-electron chi connectivity index (χ1n) is 9.79. The predicted molar refractivity (Wildman–Crippen MR) is 116 cm³/mol. The largest absolute Gasteiger partial charge is 0.497 e. The molecule has 1 aliphatic heterocycles. The van der Waals surface area contributed by atoms with Gasteiger partial charge in [-0.05, 0) is 38.0 Å². The van der Waals surface area contributed by atoms with E-state index in [1.807, 2.05) is 16.8 Å². The van der Waals surface area contributed by atoms with Crippen molar-refractivity contribution in [3.63, 3.8) is 0 Å². The van der Waals surface area contributed by atoms with Crippen LogP contribution in [0.25, 0.3) is 11.4 Å². The second kappa shape index (κ2) is 8.39. The van der Waals surface area contributed by atoms with Gasteiger partial charge in [0, 0.05) is 29.8 Å². The first-order chi connectivity index (χ1) is 14.1. The molecule has 0 saturated carbocycles. The molecule has 1 unspecified atom stereocenters. The van der Waals surface area contributed by atoms with Gasteiger partial charge in [0.1, 0.15) is 11.5 Å². The fourth-order valence-corrected chi connectivity index (χ4v) is 4.11. The van der Waals surface area contributed by atoms with Crippen LogP contribution in [0, 0.1) is 11.7 Å². The highest BCUT2D eigenvalue weighted by Crippen LogP contribution is 2.38. The van der Waals surface area contributed by atoms with Crippen molar-refractivity contribution in [1.29, 1.82) is 0 Å². The van der Waals surface area contributed by atoms with E-state index in [9.17, 15) is 0 Å². The predicted octanol–water partition coefficient (Wildman–Crippen LogP) is 4.73. The molecule has 3 aromatic rings. The van der Waals surface area contributed by atoms with Crippen LogP contribution in [0.2, 0.25) is 0 Å². The molecule has 152 valence electrons. The average molecular weight is 411 g/mol. The monoisotopic (exact) mass is 410 g/mol. The molecule has 0 radical (unpaired) electrons. The molecule has 1 aliphatic rings. The van der Waals surface area contributed by atoms with E-state index in [4.69, 9.17) is 21.7 Å². The third kappa shape index (κ3) is 4.06. The lowest BCUT2D eigenvalue weighted by atomic mass is 10.0. The van der Waals surface area contributed by atoms with E-state index in [0.717, 1.165) is 42.3 Å². The topological polar surface area (TPSA) is 55.3 Å². The van der Waals surface area contributed by atoms with E-state index in [0.29, 0.717) is 11.4 Å². The summed E-state index contributed by atoms with van der Waals surface area (Å²) in [5, 5.41) is 3.37. The Bertz CT molecular complexity index is 1040. The molecular formula is C22H26N4O2S. The molecule has 29 heavy (non-hydrogen) atoms. The van der Waals surface area contributed by atoms with Gasteiger partial charge in [-0.25, -0.2) is 4.68 Å². The van der Waals surface area contributed by atoms with E-state index in [-0.39, 0.29) is 6.04 Å². The fourth-order valence-electron chi connectivity index (χ4n) is 3.92. The average Bonchev–Trinajstić information content (AvgIpc) is 3.35. The summed E-state index contributed by atoms with van der Waals surface area (Å²) < 4.78 is 13.5. The molecule has 2 heterocycles. The third-order valence-electron chi connectivity index (χ3n) is 5.49. The molecule has 6 nitrogen and oxygen atoms in total. The van der Waals surface area contributed by atoms with Gasteiger partial charge < -0.3 is 9.47 Å². The summed E-state index contributed by atoms with van der Waals surface area (Å²) in [6, 6.07) is 14.6. The Labute approximate surface area is 176 Å². The number of rotatable bonds is 6. The molecule has 0 spiro atoms. The molecule has 0 aliphatic carbocycles. The Kier molecular flexibility index (Phi) is 5.69. The lowest BCUT2D eigenvalue weighted by molar-refractivity contribution is 0.187. The molecule has 1 N–H and O–H groups in total. The van der Waals surface area contributed by atoms with Crippen molar-refractivity contribution < 1.29 is 9.47 Å². The number of H-pyrrole nitrogens is 1. The SMILES string of the molecule is COc1ccc(C2CCCN2Cn2[nH]c(-c3ccc(C)cc3)nc2=S)c(OC)c1. The summed E-state index contributed by atoms with van der Waals surface area (Å²) >= 11 is 5.52. The maximum absolute atomic E-state index is 5.64. The summed E-state index contributed by atoms with van der Waals surface area (Å²) in [5.41, 5.74) is 3.44. The number of hydrogen-bond acceptors (Lipinski definition) is 5. The molecule has 1 saturated heterocycles. The van der Waals surface area contributed by atoms with Gasteiger partial charge in [-0.2, -0.15) is 4.98 Å². The highest BCUT2D eigenvalue weighted by atomic mass is 32.1. The number of aromatic nitrogens is 3. The van der Waals surface area contributed by atoms with Crippen molar-refractivity contribution in [2.75, 3.05) is 20.8 Å². The number of likely N-dealkylation sites (tertiary alicyclic amines) is 1. The number of nitrogens with one attached hydrogen (secondary N) is 1. The summed E-state index contributed by atoms with van der Waals surface area (Å²) in [6.45, 7) is 3.74. The lowest BCUT2D eigenvalue weighted by Crippen LogP contribution is -2.27. The molecule has 0 amide bonds. The maximum atomic E-state index is 5.64. The molecule has 1 atom stereocenters. The van der Waals surface area contributed by atoms with E-state index >= 15 is 0 Å². The van der Waals surface area contributed by atoms with Crippen LogP contribution in [-0.2, 0) is 6.67 Å². The van der Waals surface area contributed by atoms with Crippen molar-refractivity contribution >= 4 is 12.2 Å². The number of benzene rings is 2. The zero-order valence-corrected chi connectivity index (χ0v) is 17.8. The van der Waals surface area contributed by atoms with Gasteiger partial charge >= 0.3 is 0 Å². The minimum absolute atomic E-state index is 0.267. The van der Waals surface area contributed by atoms with Crippen LogP contribution in [0.15, 0.2) is 42.5 Å². The van der Waals surface area contributed by atoms with Crippen LogP contribution in [0.4, 0.5) is 0 Å². The minimum atomic E-state index is 0.267. The maximum Gasteiger partial charge on any atom is 0.217 e. The van der Waals surface area contributed by atoms with Crippen LogP contribution in [-0.4, -0.2) is 40.4 Å². The number of nitrogens with zero attached hydrogens (tertiary/aromatic N) is 3. The zero-order valence-electron chi connectivity index (χ0n) is 17.0. The van der Waals surface area contributed by atoms with Crippen molar-refractivity contribution in [3.05, 3.63) is 58.4 Å². The van der Waals surface area contributed by atoms with Crippen LogP contribution in [0.5, 0.6) is 11.5 Å². The van der Waals surface area contributed by atoms with Gasteiger partial charge in [0.25, 0.3) is 0 Å². The summed E-state index contributed by atoms with van der Waals surface area (Å²) in [5.74, 6) is 2.45. The van der Waals surface area contributed by atoms with Gasteiger partial charge in [-0.3, -0.25) is 10.00 Å². The van der Waals surface area contributed by atoms with E-state index in [2.05, 4.69) is 52.2 Å². The van der Waals surface area contributed by atoms with Crippen LogP contribution < -0.4 is 9.47 Å². The number of ether oxygens (including phenoxy) is 2. The summed E-state index contributed by atoms with van der Waals surface area (Å²) in [4.78, 5) is 6.98. The second-order valence-corrected chi connectivity index (χ2v) is 7.73. The molecule has 2 aromatic carbocycles. The Morgan fingerprint density at radius 3 is 2.66 bits per heavy atom. The van der Waals surface area contributed by atoms with Crippen molar-refractivity contribution in [1.82, 2.24) is 19.7 Å². The van der Waals surface area contributed by atoms with E-state index < -0.39 is 0 Å². The van der Waals surface area contributed by atoms with Crippen molar-refractivity contribution in [2.24, 2.45) is 0 Å². The normalized spacial score (nSPS) is 16.9. The molecular weight excluding hydrogens is 384 g/mol. The number of aryl methyl sites for hydroxylation is 1. The lowest BCUT2D eigenvalue weighted by Gasteiger charge is -2.26. The van der Waals surface area contributed by atoms with Crippen molar-refractivity contribution in [2.45, 2.75) is 32.5 Å². The van der Waals surface area contributed by atoms with E-state index in [1.165, 1.54) is 11.1 Å². The highest BCUT2D eigenvalue weighted by molar-refractivity contribution is 7.71. The summed E-state index contributed by atoms with van der Waals surface area (Å²) in [7, 11) is 3.37. The smallest absolute Gasteiger partial charge is 0.217 e. The Morgan fingerprint density at radius 2 is 1.93 bits per heavy atom. The first kappa shape index (κ1) is 19.7. The molecule has 1 fully saturated rings. The Hall–Kier alpha value is -2.64. The number of methoxy groups -OCH3 is 2.